The largest absolute Gasteiger partial charge is 0.444 e. The molecule has 5 nitrogen and oxygen atoms in total. The van der Waals surface area contributed by atoms with Gasteiger partial charge in [-0.05, 0) is 27.2 Å². The number of halogens is 1. The van der Waals surface area contributed by atoms with E-state index < -0.39 is 11.7 Å². The lowest BCUT2D eigenvalue weighted by Gasteiger charge is -2.23. The topological polar surface area (TPSA) is 64.6 Å². The first-order valence-electron chi connectivity index (χ1n) is 6.06. The molecule has 0 unspecified atom stereocenters. The first-order valence-corrected chi connectivity index (χ1v) is 6.97. The third-order valence-corrected chi connectivity index (χ3v) is 4.30. The highest BCUT2D eigenvalue weighted by atomic mass is 79.9. The van der Waals surface area contributed by atoms with Crippen LogP contribution in [0.4, 0.5) is 4.79 Å². The Hall–Kier alpha value is -0.620. The zero-order valence-corrected chi connectivity index (χ0v) is 12.3. The molecule has 2 aliphatic rings. The van der Waals surface area contributed by atoms with E-state index in [9.17, 15) is 9.59 Å². The number of amides is 1. The van der Waals surface area contributed by atoms with Crippen LogP contribution in [0.5, 0.6) is 0 Å². The van der Waals surface area contributed by atoms with Gasteiger partial charge < -0.3 is 14.8 Å². The number of ether oxygens (including phenoxy) is 2. The van der Waals surface area contributed by atoms with Crippen LogP contribution < -0.4 is 5.32 Å². The monoisotopic (exact) mass is 319 g/mol. The minimum absolute atomic E-state index is 0.0403. The van der Waals surface area contributed by atoms with Crippen molar-refractivity contribution in [2.45, 2.75) is 49.8 Å². The molecule has 6 heteroatoms. The number of hydrogen-bond acceptors (Lipinski definition) is 4. The fourth-order valence-electron chi connectivity index (χ4n) is 2.39. The van der Waals surface area contributed by atoms with Crippen molar-refractivity contribution in [3.8, 4) is 0 Å². The first kappa shape index (κ1) is 13.8. The average Bonchev–Trinajstić information content (AvgIpc) is 2.69. The Kier molecular flexibility index (Phi) is 3.69. The summed E-state index contributed by atoms with van der Waals surface area (Å²) in [5, 5.41) is 2.79. The van der Waals surface area contributed by atoms with Gasteiger partial charge in [0.05, 0.1) is 10.9 Å². The van der Waals surface area contributed by atoms with Crippen molar-refractivity contribution in [2.24, 2.45) is 5.92 Å². The van der Waals surface area contributed by atoms with Gasteiger partial charge in [-0.15, -0.1) is 0 Å². The van der Waals surface area contributed by atoms with Crippen molar-refractivity contribution in [1.82, 2.24) is 5.32 Å². The van der Waals surface area contributed by atoms with E-state index in [1.54, 1.807) is 0 Å². The van der Waals surface area contributed by atoms with Gasteiger partial charge in [-0.3, -0.25) is 4.79 Å². The molecule has 1 aliphatic carbocycles. The average molecular weight is 320 g/mol. The standard InChI is InChI=1S/C12H18BrNO4/c1-12(2,3)18-11(16)14-7-4-6-8(15)5-17-10(6)9(7)13/h6-7,9-10H,4-5H2,1-3H3,(H,14,16)/t6-,7+,9+,10+/m0/s1. The van der Waals surface area contributed by atoms with E-state index in [4.69, 9.17) is 9.47 Å². The highest BCUT2D eigenvalue weighted by Gasteiger charge is 2.50. The molecule has 2 fully saturated rings. The van der Waals surface area contributed by atoms with Crippen LogP contribution in [0.15, 0.2) is 0 Å². The number of hydrogen-bond donors (Lipinski definition) is 1. The molecule has 0 bridgehead atoms. The zero-order valence-electron chi connectivity index (χ0n) is 10.7. The summed E-state index contributed by atoms with van der Waals surface area (Å²) in [4.78, 5) is 23.2. The Morgan fingerprint density at radius 3 is 2.72 bits per heavy atom. The number of carbonyl (C=O) groups is 2. The second-order valence-electron chi connectivity index (χ2n) is 5.78. The van der Waals surface area contributed by atoms with Crippen LogP contribution >= 0.6 is 15.9 Å². The van der Waals surface area contributed by atoms with Crippen molar-refractivity contribution in [3.63, 3.8) is 0 Å². The van der Waals surface area contributed by atoms with E-state index in [-0.39, 0.29) is 35.3 Å². The molecular weight excluding hydrogens is 302 g/mol. The molecule has 18 heavy (non-hydrogen) atoms. The number of fused-ring (bicyclic) bond motifs is 1. The van der Waals surface area contributed by atoms with E-state index in [0.29, 0.717) is 6.42 Å². The summed E-state index contributed by atoms with van der Waals surface area (Å²) >= 11 is 3.50. The van der Waals surface area contributed by atoms with E-state index in [1.807, 2.05) is 20.8 Å². The van der Waals surface area contributed by atoms with Gasteiger partial charge in [0.25, 0.3) is 0 Å². The lowest BCUT2D eigenvalue weighted by molar-refractivity contribution is -0.120. The zero-order chi connectivity index (χ0) is 13.5. The molecular formula is C12H18BrNO4. The molecule has 1 amide bonds. The number of Topliss-reactive ketones (excluding diaryl/α,β-unsaturated/α-hetero) is 1. The first-order chi connectivity index (χ1) is 8.28. The highest BCUT2D eigenvalue weighted by molar-refractivity contribution is 9.09. The molecule has 102 valence electrons. The van der Waals surface area contributed by atoms with E-state index in [2.05, 4.69) is 21.2 Å². The predicted molar refractivity (Wildman–Crippen MR) is 68.7 cm³/mol. The Labute approximate surface area is 115 Å². The summed E-state index contributed by atoms with van der Waals surface area (Å²) in [6, 6.07) is -0.126. The van der Waals surface area contributed by atoms with Gasteiger partial charge in [0.1, 0.15) is 12.2 Å². The maximum absolute atomic E-state index is 11.7. The molecule has 0 aromatic rings. The SMILES string of the molecule is CC(C)(C)OC(=O)N[C@@H]1C[C@H]2C(=O)CO[C@H]2[C@@H]1Br. The van der Waals surface area contributed by atoms with Gasteiger partial charge in [0.2, 0.25) is 0 Å². The Morgan fingerprint density at radius 2 is 2.17 bits per heavy atom. The molecule has 0 aromatic heterocycles. The van der Waals surface area contributed by atoms with Crippen molar-refractivity contribution < 1.29 is 19.1 Å². The summed E-state index contributed by atoms with van der Waals surface area (Å²) < 4.78 is 10.6. The molecule has 0 aromatic carbocycles. The smallest absolute Gasteiger partial charge is 0.407 e. The lowest BCUT2D eigenvalue weighted by atomic mass is 10.0. The second-order valence-corrected chi connectivity index (χ2v) is 6.84. The minimum atomic E-state index is -0.521. The fraction of sp³-hybridized carbons (Fsp3) is 0.833. The Bertz CT molecular complexity index is 366. The minimum Gasteiger partial charge on any atom is -0.444 e. The molecule has 1 aliphatic heterocycles. The van der Waals surface area contributed by atoms with Gasteiger partial charge in [-0.25, -0.2) is 4.79 Å². The molecule has 0 radical (unpaired) electrons. The second kappa shape index (κ2) is 4.81. The summed E-state index contributed by atoms with van der Waals surface area (Å²) in [7, 11) is 0. The van der Waals surface area contributed by atoms with E-state index in [0.717, 1.165) is 0 Å². The number of alkyl halides is 1. The molecule has 1 N–H and O–H groups in total. The summed E-state index contributed by atoms with van der Waals surface area (Å²) in [6.45, 7) is 5.63. The van der Waals surface area contributed by atoms with Crippen molar-refractivity contribution in [3.05, 3.63) is 0 Å². The summed E-state index contributed by atoms with van der Waals surface area (Å²) in [6.07, 6.45) is 0.0281. The van der Waals surface area contributed by atoms with Crippen LogP contribution in [-0.4, -0.2) is 41.1 Å². The number of rotatable bonds is 1. The maximum atomic E-state index is 11.7. The number of nitrogens with one attached hydrogen (secondary N) is 1. The normalized spacial score (nSPS) is 35.4. The Morgan fingerprint density at radius 1 is 1.50 bits per heavy atom. The molecule has 2 rings (SSSR count). The number of carbonyl (C=O) groups excluding carboxylic acids is 2. The van der Waals surface area contributed by atoms with Crippen LogP contribution in [-0.2, 0) is 14.3 Å². The third kappa shape index (κ3) is 2.85. The van der Waals surface area contributed by atoms with Gasteiger partial charge in [-0.2, -0.15) is 0 Å². The fourth-order valence-corrected chi connectivity index (χ4v) is 3.26. The maximum Gasteiger partial charge on any atom is 0.407 e. The molecule has 1 saturated carbocycles. The van der Waals surface area contributed by atoms with Crippen LogP contribution in [0.25, 0.3) is 0 Å². The molecule has 4 atom stereocenters. The summed E-state index contributed by atoms with van der Waals surface area (Å²) in [5.74, 6) is 0.0206. The van der Waals surface area contributed by atoms with Crippen LogP contribution in [0.3, 0.4) is 0 Å². The van der Waals surface area contributed by atoms with Gasteiger partial charge in [-0.1, -0.05) is 15.9 Å². The molecule has 1 heterocycles. The van der Waals surface area contributed by atoms with Gasteiger partial charge in [0.15, 0.2) is 5.78 Å². The van der Waals surface area contributed by atoms with Crippen molar-refractivity contribution in [2.75, 3.05) is 6.61 Å². The quantitative estimate of drug-likeness (QED) is 0.746. The summed E-state index contributed by atoms with van der Waals surface area (Å²) in [5.41, 5.74) is -0.521. The highest BCUT2D eigenvalue weighted by Crippen LogP contribution is 2.38. The Balaban J connectivity index is 1.92. The van der Waals surface area contributed by atoms with E-state index >= 15 is 0 Å². The lowest BCUT2D eigenvalue weighted by Crippen LogP contribution is -2.43. The third-order valence-electron chi connectivity index (χ3n) is 3.14. The van der Waals surface area contributed by atoms with Crippen LogP contribution in [0.2, 0.25) is 0 Å². The predicted octanol–water partition coefficient (Wildman–Crippen LogP) is 1.63. The van der Waals surface area contributed by atoms with Crippen molar-refractivity contribution >= 4 is 27.8 Å². The van der Waals surface area contributed by atoms with Crippen molar-refractivity contribution in [1.29, 1.82) is 0 Å². The van der Waals surface area contributed by atoms with Gasteiger partial charge >= 0.3 is 6.09 Å². The van der Waals surface area contributed by atoms with Crippen LogP contribution in [0, 0.1) is 5.92 Å². The number of ketones is 1. The molecule has 0 spiro atoms. The van der Waals surface area contributed by atoms with Gasteiger partial charge in [0, 0.05) is 12.0 Å². The number of alkyl carbamates (subject to hydrolysis) is 1. The van der Waals surface area contributed by atoms with E-state index in [1.165, 1.54) is 0 Å². The van der Waals surface area contributed by atoms with Crippen LogP contribution in [0.1, 0.15) is 27.2 Å². The molecule has 1 saturated heterocycles.